The quantitative estimate of drug-likeness (QED) is 0.340. The molecule has 1 fully saturated rings. The van der Waals surface area contributed by atoms with Gasteiger partial charge < -0.3 is 10.1 Å². The molecule has 0 bridgehead atoms. The predicted molar refractivity (Wildman–Crippen MR) is 144 cm³/mol. The topological polar surface area (TPSA) is 75.7 Å². The van der Waals surface area contributed by atoms with Gasteiger partial charge in [-0.05, 0) is 79.6 Å². The Kier molecular flexibility index (Phi) is 8.00. The largest absolute Gasteiger partial charge is 0.489 e. The van der Waals surface area contributed by atoms with Crippen molar-refractivity contribution in [3.05, 3.63) is 98.2 Å². The number of rotatable bonds is 7. The first-order valence-electron chi connectivity index (χ1n) is 11.4. The molecule has 3 aromatic rings. The number of carbonyl (C=O) groups is 3. The van der Waals surface area contributed by atoms with E-state index in [1.165, 1.54) is 12.1 Å². The van der Waals surface area contributed by atoms with Gasteiger partial charge in [-0.15, -0.1) is 0 Å². The number of nitrogens with zero attached hydrogens (tertiary/aromatic N) is 1. The van der Waals surface area contributed by atoms with Gasteiger partial charge in [0.2, 0.25) is 5.91 Å². The lowest BCUT2D eigenvalue weighted by Gasteiger charge is -2.15. The zero-order valence-corrected chi connectivity index (χ0v) is 22.0. The fourth-order valence-electron chi connectivity index (χ4n) is 4.01. The minimum Gasteiger partial charge on any atom is -0.489 e. The molecule has 6 nitrogen and oxygen atoms in total. The second-order valence-electron chi connectivity index (χ2n) is 8.65. The van der Waals surface area contributed by atoms with Crippen LogP contribution in [0.15, 0.2) is 59.5 Å². The Morgan fingerprint density at radius 1 is 1.08 bits per heavy atom. The summed E-state index contributed by atoms with van der Waals surface area (Å²) in [6.45, 7) is 5.29. The van der Waals surface area contributed by atoms with E-state index in [2.05, 4.69) is 5.32 Å². The average molecular weight is 539 g/mol. The van der Waals surface area contributed by atoms with Crippen molar-refractivity contribution in [1.82, 2.24) is 4.90 Å². The van der Waals surface area contributed by atoms with Crippen LogP contribution >= 0.6 is 23.4 Å². The molecule has 190 valence electrons. The van der Waals surface area contributed by atoms with Crippen LogP contribution in [0, 0.1) is 26.6 Å². The van der Waals surface area contributed by atoms with Gasteiger partial charge in [0.1, 0.15) is 24.7 Å². The SMILES string of the molecule is Cc1cc(C)c(NC(=O)CN2C(=O)S/C(=C/c3cccc(OCc4c(F)cccc4Cl)c3)C2=O)c(C)c1. The summed E-state index contributed by atoms with van der Waals surface area (Å²) < 4.78 is 19.7. The number of nitrogens with one attached hydrogen (secondary N) is 1. The Hall–Kier alpha value is -3.62. The summed E-state index contributed by atoms with van der Waals surface area (Å²) in [5.41, 5.74) is 4.41. The summed E-state index contributed by atoms with van der Waals surface area (Å²) in [6, 6.07) is 15.1. The third-order valence-corrected chi connectivity index (χ3v) is 6.98. The number of halogens is 2. The number of benzene rings is 3. The van der Waals surface area contributed by atoms with Crippen molar-refractivity contribution in [3.63, 3.8) is 0 Å². The van der Waals surface area contributed by atoms with Crippen molar-refractivity contribution >= 4 is 52.2 Å². The molecule has 0 spiro atoms. The Bertz CT molecular complexity index is 1400. The second-order valence-corrected chi connectivity index (χ2v) is 10.1. The maximum Gasteiger partial charge on any atom is 0.294 e. The predicted octanol–water partition coefficient (Wildman–Crippen LogP) is 6.66. The number of carbonyl (C=O) groups excluding carboxylic acids is 3. The Morgan fingerprint density at radius 3 is 2.49 bits per heavy atom. The highest BCUT2D eigenvalue weighted by Crippen LogP contribution is 2.33. The number of hydrogen-bond donors (Lipinski definition) is 1. The molecule has 1 aliphatic rings. The first kappa shape index (κ1) is 26.4. The van der Waals surface area contributed by atoms with E-state index in [0.29, 0.717) is 17.0 Å². The summed E-state index contributed by atoms with van der Waals surface area (Å²) in [5.74, 6) is -1.03. The third-order valence-electron chi connectivity index (χ3n) is 5.72. The van der Waals surface area contributed by atoms with Gasteiger partial charge in [0.05, 0.1) is 9.93 Å². The molecule has 0 radical (unpaired) electrons. The van der Waals surface area contributed by atoms with E-state index in [0.717, 1.165) is 33.4 Å². The smallest absolute Gasteiger partial charge is 0.294 e. The minimum atomic E-state index is -0.549. The molecule has 3 aromatic carbocycles. The summed E-state index contributed by atoms with van der Waals surface area (Å²) in [7, 11) is 0. The van der Waals surface area contributed by atoms with E-state index in [-0.39, 0.29) is 28.6 Å². The fraction of sp³-hybridized carbons (Fsp3) is 0.179. The van der Waals surface area contributed by atoms with E-state index in [4.69, 9.17) is 16.3 Å². The van der Waals surface area contributed by atoms with Crippen LogP contribution in [0.25, 0.3) is 6.08 Å². The van der Waals surface area contributed by atoms with Crippen molar-refractivity contribution in [2.24, 2.45) is 0 Å². The summed E-state index contributed by atoms with van der Waals surface area (Å²) in [5, 5.41) is 2.56. The van der Waals surface area contributed by atoms with Crippen molar-refractivity contribution in [2.45, 2.75) is 27.4 Å². The lowest BCUT2D eigenvalue weighted by Crippen LogP contribution is -2.36. The summed E-state index contributed by atoms with van der Waals surface area (Å²) in [6.07, 6.45) is 1.56. The normalized spacial score (nSPS) is 14.4. The standard InChI is InChI=1S/C28H24ClFN2O4S/c1-16-10-17(2)26(18(3)11-16)31-25(33)14-32-27(34)24(37-28(32)35)13-19-6-4-7-20(12-19)36-15-21-22(29)8-5-9-23(21)30/h4-13H,14-15H2,1-3H3,(H,31,33)/b24-13+. The number of amides is 3. The van der Waals surface area contributed by atoms with Gasteiger partial charge in [0.15, 0.2) is 0 Å². The number of anilines is 1. The van der Waals surface area contributed by atoms with Crippen LogP contribution < -0.4 is 10.1 Å². The maximum absolute atomic E-state index is 14.0. The molecule has 0 saturated carbocycles. The molecule has 3 amide bonds. The van der Waals surface area contributed by atoms with E-state index >= 15 is 0 Å². The molecule has 4 rings (SSSR count). The molecule has 1 saturated heterocycles. The van der Waals surface area contributed by atoms with Gasteiger partial charge >= 0.3 is 0 Å². The number of ether oxygens (including phenoxy) is 1. The van der Waals surface area contributed by atoms with Gasteiger partial charge in [0.25, 0.3) is 11.1 Å². The lowest BCUT2D eigenvalue weighted by molar-refractivity contribution is -0.127. The van der Waals surface area contributed by atoms with E-state index < -0.39 is 22.9 Å². The van der Waals surface area contributed by atoms with Crippen LogP contribution in [0.3, 0.4) is 0 Å². The average Bonchev–Trinajstić information content (AvgIpc) is 3.08. The first-order valence-corrected chi connectivity index (χ1v) is 12.6. The van der Waals surface area contributed by atoms with Crippen molar-refractivity contribution in [1.29, 1.82) is 0 Å². The van der Waals surface area contributed by atoms with E-state index in [1.54, 1.807) is 36.4 Å². The Balaban J connectivity index is 1.43. The van der Waals surface area contributed by atoms with Crippen molar-refractivity contribution in [2.75, 3.05) is 11.9 Å². The van der Waals surface area contributed by atoms with E-state index in [1.807, 2.05) is 32.9 Å². The number of aryl methyl sites for hydroxylation is 3. The fourth-order valence-corrected chi connectivity index (χ4v) is 5.06. The molecule has 1 heterocycles. The Labute approximate surface area is 223 Å². The minimum absolute atomic E-state index is 0.0689. The lowest BCUT2D eigenvalue weighted by atomic mass is 10.1. The molecule has 0 aliphatic carbocycles. The molecule has 0 unspecified atom stereocenters. The van der Waals surface area contributed by atoms with Gasteiger partial charge in [-0.1, -0.05) is 47.5 Å². The highest BCUT2D eigenvalue weighted by atomic mass is 35.5. The van der Waals surface area contributed by atoms with Crippen LogP contribution in [-0.2, 0) is 16.2 Å². The van der Waals surface area contributed by atoms with Crippen LogP contribution in [0.2, 0.25) is 5.02 Å². The number of imide groups is 1. The maximum atomic E-state index is 14.0. The first-order chi connectivity index (χ1) is 17.6. The van der Waals surface area contributed by atoms with E-state index in [9.17, 15) is 18.8 Å². The summed E-state index contributed by atoms with van der Waals surface area (Å²) in [4.78, 5) is 39.2. The molecule has 1 aliphatic heterocycles. The third kappa shape index (κ3) is 6.21. The van der Waals surface area contributed by atoms with Gasteiger partial charge in [0, 0.05) is 11.3 Å². The zero-order valence-electron chi connectivity index (χ0n) is 20.4. The molecule has 37 heavy (non-hydrogen) atoms. The highest BCUT2D eigenvalue weighted by molar-refractivity contribution is 8.18. The highest BCUT2D eigenvalue weighted by Gasteiger charge is 2.36. The zero-order chi connectivity index (χ0) is 26.7. The molecular formula is C28H24ClFN2O4S. The summed E-state index contributed by atoms with van der Waals surface area (Å²) >= 11 is 6.82. The van der Waals surface area contributed by atoms with Gasteiger partial charge in [-0.3, -0.25) is 19.3 Å². The van der Waals surface area contributed by atoms with Crippen molar-refractivity contribution < 1.29 is 23.5 Å². The van der Waals surface area contributed by atoms with Crippen molar-refractivity contribution in [3.8, 4) is 5.75 Å². The molecule has 9 heteroatoms. The van der Waals surface area contributed by atoms with Crippen LogP contribution in [0.4, 0.5) is 14.9 Å². The second kappa shape index (κ2) is 11.2. The molecule has 1 N–H and O–H groups in total. The van der Waals surface area contributed by atoms with Gasteiger partial charge in [-0.25, -0.2) is 4.39 Å². The van der Waals surface area contributed by atoms with Crippen LogP contribution in [-0.4, -0.2) is 28.5 Å². The molecule has 0 atom stereocenters. The van der Waals surface area contributed by atoms with Crippen LogP contribution in [0.1, 0.15) is 27.8 Å². The number of hydrogen-bond acceptors (Lipinski definition) is 5. The molecule has 0 aromatic heterocycles. The number of thioether (sulfide) groups is 1. The molecular weight excluding hydrogens is 515 g/mol. The Morgan fingerprint density at radius 2 is 1.78 bits per heavy atom. The monoisotopic (exact) mass is 538 g/mol. The van der Waals surface area contributed by atoms with Gasteiger partial charge in [-0.2, -0.15) is 0 Å². The van der Waals surface area contributed by atoms with Crippen LogP contribution in [0.5, 0.6) is 5.75 Å².